The number of hydrogen-bond donors (Lipinski definition) is 1. The molecule has 2 aromatic rings. The highest BCUT2D eigenvalue weighted by Crippen LogP contribution is 2.27. The van der Waals surface area contributed by atoms with Crippen molar-refractivity contribution in [3.8, 4) is 0 Å². The van der Waals surface area contributed by atoms with Gasteiger partial charge in [0.25, 0.3) is 0 Å². The molecule has 0 radical (unpaired) electrons. The molecule has 1 saturated heterocycles. The van der Waals surface area contributed by atoms with E-state index >= 15 is 0 Å². The largest absolute Gasteiger partial charge is 0.309 e. The van der Waals surface area contributed by atoms with Crippen LogP contribution >= 0.6 is 0 Å². The second kappa shape index (κ2) is 5.38. The Kier molecular flexibility index (Phi) is 3.56. The van der Waals surface area contributed by atoms with Crippen LogP contribution in [0.3, 0.4) is 0 Å². The van der Waals surface area contributed by atoms with Crippen LogP contribution in [-0.4, -0.2) is 47.0 Å². The van der Waals surface area contributed by atoms with E-state index in [1.165, 1.54) is 10.6 Å². The normalized spacial score (nSPS) is 16.4. The fourth-order valence-corrected chi connectivity index (χ4v) is 3.01. The summed E-state index contributed by atoms with van der Waals surface area (Å²) in [5.74, 6) is 1.25. The average Bonchev–Trinajstić information content (AvgIpc) is 2.37. The van der Waals surface area contributed by atoms with Crippen molar-refractivity contribution < 1.29 is 8.42 Å². The SMILES string of the molecule is CS(=O)(=O)N1CC(c2ccnc(Nc3ccccn3)n2)C1. The van der Waals surface area contributed by atoms with E-state index in [2.05, 4.69) is 20.3 Å². The van der Waals surface area contributed by atoms with Gasteiger partial charge in [-0.2, -0.15) is 0 Å². The third kappa shape index (κ3) is 3.17. The van der Waals surface area contributed by atoms with Crippen LogP contribution in [0, 0.1) is 0 Å². The predicted octanol–water partition coefficient (Wildman–Crippen LogP) is 0.974. The Morgan fingerprint density at radius 1 is 1.19 bits per heavy atom. The highest BCUT2D eigenvalue weighted by molar-refractivity contribution is 7.88. The minimum atomic E-state index is -3.10. The molecule has 0 aliphatic carbocycles. The van der Waals surface area contributed by atoms with E-state index in [-0.39, 0.29) is 5.92 Å². The maximum Gasteiger partial charge on any atom is 0.228 e. The van der Waals surface area contributed by atoms with Gasteiger partial charge in [0.05, 0.1) is 11.9 Å². The van der Waals surface area contributed by atoms with Crippen LogP contribution in [0.25, 0.3) is 0 Å². The van der Waals surface area contributed by atoms with Crippen LogP contribution in [0.1, 0.15) is 11.6 Å². The Morgan fingerprint density at radius 3 is 2.67 bits per heavy atom. The molecule has 2 aromatic heterocycles. The molecule has 1 N–H and O–H groups in total. The number of rotatable bonds is 4. The van der Waals surface area contributed by atoms with Crippen LogP contribution in [-0.2, 0) is 10.0 Å². The summed E-state index contributed by atoms with van der Waals surface area (Å²) in [5, 5.41) is 3.02. The highest BCUT2D eigenvalue weighted by Gasteiger charge is 2.35. The van der Waals surface area contributed by atoms with Crippen molar-refractivity contribution in [2.24, 2.45) is 0 Å². The minimum Gasteiger partial charge on any atom is -0.309 e. The molecular weight excluding hydrogens is 290 g/mol. The first kappa shape index (κ1) is 13.9. The third-order valence-electron chi connectivity index (χ3n) is 3.32. The van der Waals surface area contributed by atoms with Gasteiger partial charge >= 0.3 is 0 Å². The van der Waals surface area contributed by atoms with Gasteiger partial charge < -0.3 is 5.32 Å². The molecule has 1 fully saturated rings. The molecule has 0 spiro atoms. The second-order valence-electron chi connectivity index (χ2n) is 4.92. The van der Waals surface area contributed by atoms with Crippen molar-refractivity contribution in [3.63, 3.8) is 0 Å². The Morgan fingerprint density at radius 2 is 2.00 bits per heavy atom. The fourth-order valence-electron chi connectivity index (χ4n) is 2.11. The number of anilines is 2. The van der Waals surface area contributed by atoms with Gasteiger partial charge in [0, 0.05) is 31.4 Å². The van der Waals surface area contributed by atoms with Gasteiger partial charge in [-0.15, -0.1) is 0 Å². The molecule has 7 nitrogen and oxygen atoms in total. The van der Waals surface area contributed by atoms with Gasteiger partial charge in [-0.05, 0) is 18.2 Å². The number of nitrogens with one attached hydrogen (secondary N) is 1. The standard InChI is InChI=1S/C13H15N5O2S/c1-21(19,20)18-8-10(9-18)11-5-7-15-13(16-11)17-12-4-2-3-6-14-12/h2-7,10H,8-9H2,1H3,(H,14,15,16,17). The Balaban J connectivity index is 1.70. The van der Waals surface area contributed by atoms with Gasteiger partial charge in [-0.3, -0.25) is 0 Å². The lowest BCUT2D eigenvalue weighted by Gasteiger charge is -2.36. The second-order valence-corrected chi connectivity index (χ2v) is 6.90. The van der Waals surface area contributed by atoms with Gasteiger partial charge in [-0.1, -0.05) is 6.07 Å². The molecule has 0 amide bonds. The van der Waals surface area contributed by atoms with Crippen molar-refractivity contribution in [1.82, 2.24) is 19.3 Å². The number of pyridine rings is 1. The molecule has 21 heavy (non-hydrogen) atoms. The number of nitrogens with zero attached hydrogens (tertiary/aromatic N) is 4. The summed E-state index contributed by atoms with van der Waals surface area (Å²) in [6.07, 6.45) is 4.57. The molecule has 0 unspecified atom stereocenters. The predicted molar refractivity (Wildman–Crippen MR) is 78.7 cm³/mol. The van der Waals surface area contributed by atoms with E-state index in [1.807, 2.05) is 24.3 Å². The first-order valence-electron chi connectivity index (χ1n) is 6.48. The molecule has 0 atom stereocenters. The highest BCUT2D eigenvalue weighted by atomic mass is 32.2. The maximum atomic E-state index is 11.4. The van der Waals surface area contributed by atoms with E-state index in [0.29, 0.717) is 24.9 Å². The summed E-state index contributed by atoms with van der Waals surface area (Å²) < 4.78 is 24.2. The van der Waals surface area contributed by atoms with Gasteiger partial charge in [-0.25, -0.2) is 27.7 Å². The quantitative estimate of drug-likeness (QED) is 0.905. The number of sulfonamides is 1. The molecule has 8 heteroatoms. The molecule has 0 aromatic carbocycles. The summed E-state index contributed by atoms with van der Waals surface area (Å²) >= 11 is 0. The van der Waals surface area contributed by atoms with Crippen molar-refractivity contribution in [2.45, 2.75) is 5.92 Å². The first-order chi connectivity index (χ1) is 10.0. The van der Waals surface area contributed by atoms with E-state index in [4.69, 9.17) is 0 Å². The van der Waals surface area contributed by atoms with Crippen molar-refractivity contribution in [3.05, 3.63) is 42.4 Å². The monoisotopic (exact) mass is 305 g/mol. The van der Waals surface area contributed by atoms with Gasteiger partial charge in [0.2, 0.25) is 16.0 Å². The smallest absolute Gasteiger partial charge is 0.228 e. The van der Waals surface area contributed by atoms with E-state index in [0.717, 1.165) is 5.69 Å². The van der Waals surface area contributed by atoms with E-state index in [9.17, 15) is 8.42 Å². The van der Waals surface area contributed by atoms with E-state index in [1.54, 1.807) is 12.4 Å². The lowest BCUT2D eigenvalue weighted by Crippen LogP contribution is -2.48. The fraction of sp³-hybridized carbons (Fsp3) is 0.308. The molecule has 0 bridgehead atoms. The summed E-state index contributed by atoms with van der Waals surface area (Å²) in [4.78, 5) is 12.7. The Bertz CT molecular complexity index is 729. The Labute approximate surface area is 123 Å². The van der Waals surface area contributed by atoms with Crippen LogP contribution in [0.5, 0.6) is 0 Å². The zero-order valence-electron chi connectivity index (χ0n) is 11.5. The summed E-state index contributed by atoms with van der Waals surface area (Å²) in [5.41, 5.74) is 0.836. The molecule has 1 aliphatic rings. The van der Waals surface area contributed by atoms with Crippen LogP contribution in [0.4, 0.5) is 11.8 Å². The summed E-state index contributed by atoms with van der Waals surface area (Å²) in [6.45, 7) is 0.942. The van der Waals surface area contributed by atoms with Crippen molar-refractivity contribution in [1.29, 1.82) is 0 Å². The third-order valence-corrected chi connectivity index (χ3v) is 4.55. The Hall–Kier alpha value is -2.06. The van der Waals surface area contributed by atoms with E-state index < -0.39 is 10.0 Å². The maximum absolute atomic E-state index is 11.4. The van der Waals surface area contributed by atoms with Gasteiger partial charge in [0.1, 0.15) is 5.82 Å². The van der Waals surface area contributed by atoms with Crippen LogP contribution in [0.15, 0.2) is 36.7 Å². The van der Waals surface area contributed by atoms with Crippen molar-refractivity contribution >= 4 is 21.8 Å². The van der Waals surface area contributed by atoms with Crippen LogP contribution in [0.2, 0.25) is 0 Å². The molecular formula is C13H15N5O2S. The minimum absolute atomic E-state index is 0.118. The lowest BCUT2D eigenvalue weighted by atomic mass is 9.99. The molecule has 3 heterocycles. The zero-order chi connectivity index (χ0) is 14.9. The molecule has 1 aliphatic heterocycles. The van der Waals surface area contributed by atoms with Crippen molar-refractivity contribution in [2.75, 3.05) is 24.7 Å². The first-order valence-corrected chi connectivity index (χ1v) is 8.33. The molecule has 110 valence electrons. The average molecular weight is 305 g/mol. The number of hydrogen-bond acceptors (Lipinski definition) is 6. The summed E-state index contributed by atoms with van der Waals surface area (Å²) in [7, 11) is -3.10. The molecule has 0 saturated carbocycles. The summed E-state index contributed by atoms with van der Waals surface area (Å²) in [6, 6.07) is 7.34. The molecule has 3 rings (SSSR count). The van der Waals surface area contributed by atoms with Crippen LogP contribution < -0.4 is 5.32 Å². The number of aromatic nitrogens is 3. The topological polar surface area (TPSA) is 88.1 Å². The zero-order valence-corrected chi connectivity index (χ0v) is 12.3. The lowest BCUT2D eigenvalue weighted by molar-refractivity contribution is 0.262. The van der Waals surface area contributed by atoms with Gasteiger partial charge in [0.15, 0.2) is 0 Å².